The van der Waals surface area contributed by atoms with Crippen LogP contribution < -0.4 is 10.2 Å². The lowest BCUT2D eigenvalue weighted by molar-refractivity contribution is 0.503. The highest BCUT2D eigenvalue weighted by molar-refractivity contribution is 5.47. The lowest BCUT2D eigenvalue weighted by Crippen LogP contribution is -2.31. The molecule has 0 saturated heterocycles. The van der Waals surface area contributed by atoms with Crippen LogP contribution in [0.1, 0.15) is 25.8 Å². The quantitative estimate of drug-likeness (QED) is 0.729. The number of rotatable bonds is 7. The molecular formula is C15H26N2. The third kappa shape index (κ3) is 5.22. The lowest BCUT2D eigenvalue weighted by atomic mass is 10.1. The number of hydrogen-bond acceptors (Lipinski definition) is 2. The standard InChI is InChI=1S/C15H26N2/c1-5-13(2)12-16-9-10-17(4)15-8-6-7-14(3)11-15/h6-8,11,13,16H,5,9-10,12H2,1-4H3. The second-order valence-corrected chi connectivity index (χ2v) is 4.98. The van der Waals surface area contributed by atoms with Crippen LogP contribution in [0.3, 0.4) is 0 Å². The summed E-state index contributed by atoms with van der Waals surface area (Å²) < 4.78 is 0. The van der Waals surface area contributed by atoms with Crippen LogP contribution in [-0.2, 0) is 0 Å². The van der Waals surface area contributed by atoms with Gasteiger partial charge < -0.3 is 10.2 Å². The summed E-state index contributed by atoms with van der Waals surface area (Å²) in [5.74, 6) is 0.777. The Balaban J connectivity index is 2.28. The number of nitrogens with zero attached hydrogens (tertiary/aromatic N) is 1. The van der Waals surface area contributed by atoms with Gasteiger partial charge in [-0.15, -0.1) is 0 Å². The van der Waals surface area contributed by atoms with Crippen molar-refractivity contribution in [2.75, 3.05) is 31.6 Å². The highest BCUT2D eigenvalue weighted by Gasteiger charge is 2.01. The van der Waals surface area contributed by atoms with Gasteiger partial charge in [-0.2, -0.15) is 0 Å². The summed E-state index contributed by atoms with van der Waals surface area (Å²) in [6, 6.07) is 8.66. The van der Waals surface area contributed by atoms with Gasteiger partial charge >= 0.3 is 0 Å². The fourth-order valence-corrected chi connectivity index (χ4v) is 1.73. The minimum absolute atomic E-state index is 0.777. The molecule has 1 aromatic rings. The Hall–Kier alpha value is -1.02. The summed E-state index contributed by atoms with van der Waals surface area (Å²) in [5.41, 5.74) is 2.62. The van der Waals surface area contributed by atoms with Gasteiger partial charge in [-0.1, -0.05) is 32.4 Å². The average molecular weight is 234 g/mol. The van der Waals surface area contributed by atoms with Crippen molar-refractivity contribution in [3.63, 3.8) is 0 Å². The molecule has 0 saturated carbocycles. The molecule has 2 nitrogen and oxygen atoms in total. The minimum Gasteiger partial charge on any atom is -0.373 e. The van der Waals surface area contributed by atoms with Crippen molar-refractivity contribution in [2.45, 2.75) is 27.2 Å². The van der Waals surface area contributed by atoms with Gasteiger partial charge in [0.25, 0.3) is 0 Å². The van der Waals surface area contributed by atoms with Crippen LogP contribution in [0.25, 0.3) is 0 Å². The summed E-state index contributed by atoms with van der Waals surface area (Å²) in [4.78, 5) is 2.30. The second kappa shape index (κ2) is 7.33. The Kier molecular flexibility index (Phi) is 6.06. The highest BCUT2D eigenvalue weighted by atomic mass is 15.1. The molecule has 0 aliphatic heterocycles. The molecule has 0 spiro atoms. The van der Waals surface area contributed by atoms with E-state index in [4.69, 9.17) is 0 Å². The lowest BCUT2D eigenvalue weighted by Gasteiger charge is -2.20. The van der Waals surface area contributed by atoms with Crippen molar-refractivity contribution >= 4 is 5.69 Å². The average Bonchev–Trinajstić information content (AvgIpc) is 2.34. The van der Waals surface area contributed by atoms with E-state index < -0.39 is 0 Å². The van der Waals surface area contributed by atoms with Crippen LogP contribution in [0.15, 0.2) is 24.3 Å². The molecule has 1 rings (SSSR count). The first-order valence-corrected chi connectivity index (χ1v) is 6.62. The van der Waals surface area contributed by atoms with E-state index in [1.165, 1.54) is 17.7 Å². The molecular weight excluding hydrogens is 208 g/mol. The maximum atomic E-state index is 3.51. The molecule has 96 valence electrons. The minimum atomic E-state index is 0.777. The van der Waals surface area contributed by atoms with Crippen LogP contribution >= 0.6 is 0 Å². The van der Waals surface area contributed by atoms with Crippen LogP contribution in [0, 0.1) is 12.8 Å². The Morgan fingerprint density at radius 2 is 2.12 bits per heavy atom. The van der Waals surface area contributed by atoms with E-state index in [0.29, 0.717) is 0 Å². The molecule has 1 unspecified atom stereocenters. The predicted molar refractivity (Wildman–Crippen MR) is 76.8 cm³/mol. The number of hydrogen-bond donors (Lipinski definition) is 1. The van der Waals surface area contributed by atoms with Crippen LogP contribution in [0.2, 0.25) is 0 Å². The zero-order valence-electron chi connectivity index (χ0n) is 11.7. The third-order valence-corrected chi connectivity index (χ3v) is 3.26. The number of nitrogens with one attached hydrogen (secondary N) is 1. The molecule has 0 aliphatic carbocycles. The van der Waals surface area contributed by atoms with Crippen molar-refractivity contribution in [2.24, 2.45) is 5.92 Å². The van der Waals surface area contributed by atoms with Crippen LogP contribution in [-0.4, -0.2) is 26.7 Å². The second-order valence-electron chi connectivity index (χ2n) is 4.98. The van der Waals surface area contributed by atoms with Gasteiger partial charge in [0.05, 0.1) is 0 Å². The Morgan fingerprint density at radius 1 is 1.35 bits per heavy atom. The number of anilines is 1. The summed E-state index contributed by atoms with van der Waals surface area (Å²) in [5, 5.41) is 3.51. The van der Waals surface area contributed by atoms with E-state index >= 15 is 0 Å². The molecule has 1 atom stereocenters. The van der Waals surface area contributed by atoms with E-state index in [0.717, 1.165) is 25.6 Å². The summed E-state index contributed by atoms with van der Waals surface area (Å²) >= 11 is 0. The zero-order valence-corrected chi connectivity index (χ0v) is 11.7. The van der Waals surface area contributed by atoms with Crippen molar-refractivity contribution in [1.29, 1.82) is 0 Å². The van der Waals surface area contributed by atoms with Crippen molar-refractivity contribution in [1.82, 2.24) is 5.32 Å². The predicted octanol–water partition coefficient (Wildman–Crippen LogP) is 3.07. The number of likely N-dealkylation sites (N-methyl/N-ethyl adjacent to an activating group) is 1. The van der Waals surface area contributed by atoms with Gasteiger partial charge in [-0.25, -0.2) is 0 Å². The van der Waals surface area contributed by atoms with Gasteiger partial charge in [-0.3, -0.25) is 0 Å². The normalized spacial score (nSPS) is 12.5. The summed E-state index contributed by atoms with van der Waals surface area (Å²) in [6.45, 7) is 9.90. The smallest absolute Gasteiger partial charge is 0.0366 e. The largest absolute Gasteiger partial charge is 0.373 e. The van der Waals surface area contributed by atoms with Gasteiger partial charge in [-0.05, 0) is 37.1 Å². The molecule has 0 aromatic heterocycles. The molecule has 0 aliphatic rings. The maximum absolute atomic E-state index is 3.51. The summed E-state index contributed by atoms with van der Waals surface area (Å²) in [7, 11) is 2.15. The van der Waals surface area contributed by atoms with Gasteiger partial charge in [0.15, 0.2) is 0 Å². The fourth-order valence-electron chi connectivity index (χ4n) is 1.73. The van der Waals surface area contributed by atoms with Crippen molar-refractivity contribution < 1.29 is 0 Å². The summed E-state index contributed by atoms with van der Waals surface area (Å²) in [6.07, 6.45) is 1.25. The monoisotopic (exact) mass is 234 g/mol. The van der Waals surface area contributed by atoms with Crippen LogP contribution in [0.4, 0.5) is 5.69 Å². The zero-order chi connectivity index (χ0) is 12.7. The Morgan fingerprint density at radius 3 is 2.76 bits per heavy atom. The Labute approximate surface area is 106 Å². The molecule has 0 bridgehead atoms. The SMILES string of the molecule is CCC(C)CNCCN(C)c1cccc(C)c1. The molecule has 2 heteroatoms. The van der Waals surface area contributed by atoms with Crippen LogP contribution in [0.5, 0.6) is 0 Å². The number of benzene rings is 1. The molecule has 0 amide bonds. The fraction of sp³-hybridized carbons (Fsp3) is 0.600. The van der Waals surface area contributed by atoms with Gasteiger partial charge in [0.1, 0.15) is 0 Å². The first kappa shape index (κ1) is 14.0. The van der Waals surface area contributed by atoms with Gasteiger partial charge in [0, 0.05) is 25.8 Å². The number of aryl methyl sites for hydroxylation is 1. The third-order valence-electron chi connectivity index (χ3n) is 3.26. The first-order valence-electron chi connectivity index (χ1n) is 6.62. The molecule has 0 heterocycles. The first-order chi connectivity index (χ1) is 8.13. The van der Waals surface area contributed by atoms with E-state index in [1.54, 1.807) is 0 Å². The molecule has 0 fully saturated rings. The molecule has 17 heavy (non-hydrogen) atoms. The van der Waals surface area contributed by atoms with E-state index in [-0.39, 0.29) is 0 Å². The van der Waals surface area contributed by atoms with Crippen molar-refractivity contribution in [3.05, 3.63) is 29.8 Å². The topological polar surface area (TPSA) is 15.3 Å². The molecule has 1 aromatic carbocycles. The maximum Gasteiger partial charge on any atom is 0.0366 e. The van der Waals surface area contributed by atoms with E-state index in [9.17, 15) is 0 Å². The molecule has 0 radical (unpaired) electrons. The highest BCUT2D eigenvalue weighted by Crippen LogP contribution is 2.13. The Bertz CT molecular complexity index is 322. The van der Waals surface area contributed by atoms with E-state index in [2.05, 4.69) is 62.3 Å². The van der Waals surface area contributed by atoms with Gasteiger partial charge in [0.2, 0.25) is 0 Å². The molecule has 1 N–H and O–H groups in total. The van der Waals surface area contributed by atoms with Crippen molar-refractivity contribution in [3.8, 4) is 0 Å². The van der Waals surface area contributed by atoms with E-state index in [1.807, 2.05) is 0 Å².